The normalized spacial score (nSPS) is 12.6. The summed E-state index contributed by atoms with van der Waals surface area (Å²) in [6.45, 7) is -1.78. The van der Waals surface area contributed by atoms with Crippen LogP contribution in [0.25, 0.3) is 0 Å². The van der Waals surface area contributed by atoms with Gasteiger partial charge in [-0.1, -0.05) is 0 Å². The van der Waals surface area contributed by atoms with E-state index >= 15 is 0 Å². The Labute approximate surface area is 198 Å². The Kier molecular flexibility index (Phi) is 24.5. The van der Waals surface area contributed by atoms with E-state index in [4.69, 9.17) is 40.0 Å². The molecule has 0 aliphatic carbocycles. The number of aliphatic hydroxyl groups excluding tert-OH is 2. The Balaban J connectivity index is -0.00000143. The molecule has 10 N–H and O–H groups in total. The first-order valence-corrected chi connectivity index (χ1v) is 16.2. The van der Waals surface area contributed by atoms with Crippen molar-refractivity contribution in [1.82, 2.24) is 14.7 Å². The third kappa shape index (κ3) is 32.4. The minimum atomic E-state index is -4.63. The van der Waals surface area contributed by atoms with Crippen molar-refractivity contribution >= 4 is 39.7 Å². The fraction of sp³-hybridized carbons (Fsp3) is 1.00. The lowest BCUT2D eigenvalue weighted by molar-refractivity contribution is 0.0767. The summed E-state index contributed by atoms with van der Waals surface area (Å²) < 4.78 is 55.0. The van der Waals surface area contributed by atoms with Gasteiger partial charge in [-0.25, -0.2) is 0 Å². The Morgan fingerprint density at radius 2 is 0.735 bits per heavy atom. The van der Waals surface area contributed by atoms with E-state index < -0.39 is 55.2 Å². The van der Waals surface area contributed by atoms with Crippen LogP contribution in [0.5, 0.6) is 0 Å². The average Bonchev–Trinajstić information content (AvgIpc) is 2.61. The van der Waals surface area contributed by atoms with E-state index in [1.54, 1.807) is 0 Å². The zero-order valence-corrected chi connectivity index (χ0v) is 22.3. The number of rotatable bonds is 16. The molecule has 0 aromatic heterocycles. The van der Waals surface area contributed by atoms with Crippen LogP contribution in [0.15, 0.2) is 0 Å². The maximum atomic E-state index is 11.3. The van der Waals surface area contributed by atoms with Crippen molar-refractivity contribution in [2.24, 2.45) is 0 Å². The monoisotopic (exact) mass is 601 g/mol. The van der Waals surface area contributed by atoms with Gasteiger partial charge in [0.25, 0.3) is 0 Å². The Morgan fingerprint density at radius 3 is 1.00 bits per heavy atom. The molecule has 0 saturated carbocycles. The smallest absolute Gasteiger partial charge is 0.339 e. The van der Waals surface area contributed by atoms with Crippen molar-refractivity contribution in [2.45, 2.75) is 0 Å². The molecule has 23 heteroatoms. The highest BCUT2D eigenvalue weighted by molar-refractivity contribution is 7.52. The standard InChI is InChI=1S/C9H24N3O11P5.2CH4O2/c13-24-5-11(6-25-14)3-1-10(7-26(15,16)17)2-4-12(8-27(18,19)20)9-28(21,22)23;2*2-1-3/h1-9H2,(H2,15,16,17)(H2,18,19,20)(H2,21,22,23);2*2-3H,1H2. The van der Waals surface area contributed by atoms with Crippen LogP contribution in [0, 0.1) is 0 Å². The lowest BCUT2D eigenvalue weighted by Crippen LogP contribution is -2.40. The minimum Gasteiger partial charge on any atom is -0.371 e. The molecule has 0 aliphatic rings. The van der Waals surface area contributed by atoms with E-state index in [9.17, 15) is 32.6 Å². The van der Waals surface area contributed by atoms with Gasteiger partial charge in [-0.3, -0.25) is 37.5 Å². The summed E-state index contributed by atoms with van der Waals surface area (Å²) in [6.07, 6.45) is -2.48. The molecule has 0 aromatic carbocycles. The van der Waals surface area contributed by atoms with Crippen LogP contribution in [0.4, 0.5) is 0 Å². The Hall–Kier alpha value is 0.370. The largest absolute Gasteiger partial charge is 0.371 e. The third-order valence-electron chi connectivity index (χ3n) is 3.13. The Morgan fingerprint density at radius 1 is 0.500 bits per heavy atom. The average molecular weight is 601 g/mol. The molecule has 0 aromatic rings. The molecule has 0 radical (unpaired) electrons. The van der Waals surface area contributed by atoms with Gasteiger partial charge in [0.15, 0.2) is 16.9 Å². The summed E-state index contributed by atoms with van der Waals surface area (Å²) in [6, 6.07) is 0. The van der Waals surface area contributed by atoms with Crippen molar-refractivity contribution in [3.8, 4) is 0 Å². The fourth-order valence-electron chi connectivity index (χ4n) is 2.14. The maximum Gasteiger partial charge on any atom is 0.339 e. The topological polar surface area (TPSA) is 297 Å². The lowest BCUT2D eigenvalue weighted by Gasteiger charge is -2.29. The van der Waals surface area contributed by atoms with Crippen molar-refractivity contribution in [3.05, 3.63) is 0 Å². The van der Waals surface area contributed by atoms with Crippen LogP contribution in [-0.2, 0) is 22.8 Å². The molecule has 0 saturated heterocycles. The van der Waals surface area contributed by atoms with E-state index in [1.165, 1.54) is 9.80 Å². The lowest BCUT2D eigenvalue weighted by atomic mass is 10.4. The minimum absolute atomic E-state index is 0.0236. The van der Waals surface area contributed by atoms with Crippen LogP contribution in [0.3, 0.4) is 0 Å². The van der Waals surface area contributed by atoms with Crippen LogP contribution >= 0.6 is 39.7 Å². The van der Waals surface area contributed by atoms with Crippen molar-refractivity contribution in [2.75, 3.05) is 71.2 Å². The van der Waals surface area contributed by atoms with E-state index in [-0.39, 0.29) is 55.7 Å². The number of aliphatic hydroxyl groups is 4. The van der Waals surface area contributed by atoms with Gasteiger partial charge < -0.3 is 49.8 Å². The van der Waals surface area contributed by atoms with Crippen LogP contribution in [0.2, 0.25) is 0 Å². The SMILES string of the molecule is O=PCN(CCN(CCN(CP(=O)(O)O)CP(=O)(O)O)CP(=O)(O)O)CP=O.OCO.OCO. The van der Waals surface area contributed by atoms with Gasteiger partial charge in [0, 0.05) is 26.2 Å². The zero-order valence-electron chi connectivity index (χ0n) is 17.9. The van der Waals surface area contributed by atoms with Gasteiger partial charge in [0.2, 0.25) is 0 Å². The first-order chi connectivity index (χ1) is 15.5. The molecule has 0 fully saturated rings. The summed E-state index contributed by atoms with van der Waals surface area (Å²) in [5, 5.41) is 28.5. The first-order valence-electron chi connectivity index (χ1n) is 8.80. The van der Waals surface area contributed by atoms with Crippen molar-refractivity contribution in [1.29, 1.82) is 0 Å². The molecule has 34 heavy (non-hydrogen) atoms. The Bertz CT molecular complexity index is 634. The van der Waals surface area contributed by atoms with E-state index in [0.717, 1.165) is 4.90 Å². The van der Waals surface area contributed by atoms with Crippen LogP contribution in [-0.4, -0.2) is 136 Å². The van der Waals surface area contributed by atoms with Crippen LogP contribution in [0.1, 0.15) is 0 Å². The molecule has 0 rings (SSSR count). The number of nitrogens with zero attached hydrogens (tertiary/aromatic N) is 3. The second-order valence-electron chi connectivity index (χ2n) is 6.15. The molecule has 0 aliphatic heterocycles. The molecule has 0 bridgehead atoms. The summed E-state index contributed by atoms with van der Waals surface area (Å²) in [7, 11) is -14.2. The summed E-state index contributed by atoms with van der Waals surface area (Å²) in [5.74, 6) is 0. The van der Waals surface area contributed by atoms with Gasteiger partial charge in [-0.15, -0.1) is 0 Å². The van der Waals surface area contributed by atoms with E-state index in [0.29, 0.717) is 0 Å². The maximum absolute atomic E-state index is 11.3. The van der Waals surface area contributed by atoms with Gasteiger partial charge >= 0.3 is 22.8 Å². The van der Waals surface area contributed by atoms with Gasteiger partial charge in [-0.05, 0) is 0 Å². The molecule has 0 unspecified atom stereocenters. The second kappa shape index (κ2) is 21.5. The molecule has 0 heterocycles. The predicted octanol–water partition coefficient (Wildman–Crippen LogP) is -2.35. The molecule has 18 nitrogen and oxygen atoms in total. The zero-order chi connectivity index (χ0) is 27.4. The predicted molar refractivity (Wildman–Crippen MR) is 119 cm³/mol. The van der Waals surface area contributed by atoms with Crippen LogP contribution < -0.4 is 0 Å². The first kappa shape index (κ1) is 38.9. The molecular weight excluding hydrogens is 569 g/mol. The molecule has 0 spiro atoms. The third-order valence-corrected chi connectivity index (χ3v) is 6.47. The van der Waals surface area contributed by atoms with Crippen molar-refractivity contribution < 1.29 is 72.6 Å². The molecule has 0 amide bonds. The number of hydrogen-bond acceptors (Lipinski definition) is 12. The van der Waals surface area contributed by atoms with Gasteiger partial charge in [-0.2, -0.15) is 0 Å². The second-order valence-corrected chi connectivity index (χ2v) is 12.1. The quantitative estimate of drug-likeness (QED) is 0.0654. The number of hydrogen-bond donors (Lipinski definition) is 10. The summed E-state index contributed by atoms with van der Waals surface area (Å²) >= 11 is 0. The molecule has 206 valence electrons. The highest BCUT2D eigenvalue weighted by atomic mass is 31.2. The molecule has 0 atom stereocenters. The summed E-state index contributed by atoms with van der Waals surface area (Å²) in [4.78, 5) is 58.1. The summed E-state index contributed by atoms with van der Waals surface area (Å²) in [5.41, 5.74) is 0. The van der Waals surface area contributed by atoms with E-state index in [2.05, 4.69) is 0 Å². The van der Waals surface area contributed by atoms with Crippen molar-refractivity contribution in [3.63, 3.8) is 0 Å². The fourth-order valence-corrected chi connectivity index (χ4v) is 5.59. The highest BCUT2D eigenvalue weighted by Crippen LogP contribution is 2.41. The van der Waals surface area contributed by atoms with Gasteiger partial charge in [0.05, 0.1) is 12.6 Å². The van der Waals surface area contributed by atoms with Gasteiger partial charge in [0.1, 0.15) is 32.4 Å². The molecular formula is C11H32N3O15P5. The van der Waals surface area contributed by atoms with E-state index in [1.807, 2.05) is 0 Å². The highest BCUT2D eigenvalue weighted by Gasteiger charge is 2.27.